The summed E-state index contributed by atoms with van der Waals surface area (Å²) in [5.74, 6) is -0.732. The number of aromatic amines is 2. The molecule has 21 heavy (non-hydrogen) atoms. The Bertz CT molecular complexity index is 683. The second-order valence-electron chi connectivity index (χ2n) is 5.03. The van der Waals surface area contributed by atoms with E-state index >= 15 is 0 Å². The summed E-state index contributed by atoms with van der Waals surface area (Å²) in [5.41, 5.74) is 5.14. The van der Waals surface area contributed by atoms with Gasteiger partial charge in [-0.25, -0.2) is 4.98 Å². The first kappa shape index (κ1) is 13.7. The molecule has 0 bridgehead atoms. The number of amides is 1. The van der Waals surface area contributed by atoms with E-state index in [1.807, 2.05) is 0 Å². The normalized spacial score (nSPS) is 15.4. The minimum absolute atomic E-state index is 0.0303. The molecule has 1 amide bonds. The number of H-pyrrole nitrogens is 2. The van der Waals surface area contributed by atoms with Gasteiger partial charge in [-0.2, -0.15) is 18.3 Å². The van der Waals surface area contributed by atoms with Crippen LogP contribution in [0.3, 0.4) is 0 Å². The number of halogens is 3. The molecule has 0 radical (unpaired) electrons. The Morgan fingerprint density at radius 1 is 1.43 bits per heavy atom. The smallest absolute Gasteiger partial charge is 0.363 e. The van der Waals surface area contributed by atoms with Crippen molar-refractivity contribution in [3.05, 3.63) is 34.7 Å². The summed E-state index contributed by atoms with van der Waals surface area (Å²) < 4.78 is 39.0. The monoisotopic (exact) mass is 299 g/mol. The molecule has 6 nitrogen and oxygen atoms in total. The molecule has 2 aromatic heterocycles. The van der Waals surface area contributed by atoms with Crippen molar-refractivity contribution >= 4 is 5.91 Å². The maximum Gasteiger partial charge on any atom is 0.435 e. The van der Waals surface area contributed by atoms with Gasteiger partial charge in [0.05, 0.1) is 0 Å². The number of alkyl halides is 3. The number of carbonyl (C=O) groups excluding carboxylic acids is 1. The number of hydrogen-bond acceptors (Lipinski definition) is 3. The Kier molecular flexibility index (Phi) is 2.99. The largest absolute Gasteiger partial charge is 0.435 e. The summed E-state index contributed by atoms with van der Waals surface area (Å²) in [6.07, 6.45) is -1.54. The zero-order valence-corrected chi connectivity index (χ0v) is 10.8. The number of nitrogens with zero attached hydrogens (tertiary/aromatic N) is 2. The molecule has 112 valence electrons. The molecular weight excluding hydrogens is 287 g/mol. The highest BCUT2D eigenvalue weighted by molar-refractivity contribution is 5.88. The molecule has 4 N–H and O–H groups in total. The van der Waals surface area contributed by atoms with E-state index in [1.165, 1.54) is 6.20 Å². The summed E-state index contributed by atoms with van der Waals surface area (Å²) in [5, 5.41) is 5.91. The molecule has 1 fully saturated rings. The number of hydrogen-bond donors (Lipinski definition) is 3. The van der Waals surface area contributed by atoms with Crippen molar-refractivity contribution in [3.8, 4) is 0 Å². The standard InChI is InChI=1S/C12H12F3N5O/c13-12(14,15)9-7(8(19-20-9)5-1-2-5)3-6-4-17-11(18-6)10(16)21/h4-5H,1-3H2,(H2,16,21)(H,17,18)(H,19,20). The van der Waals surface area contributed by atoms with Gasteiger partial charge in [-0.3, -0.25) is 9.89 Å². The molecule has 0 spiro atoms. The van der Waals surface area contributed by atoms with Gasteiger partial charge < -0.3 is 10.7 Å². The average molecular weight is 299 g/mol. The molecule has 1 saturated carbocycles. The second-order valence-corrected chi connectivity index (χ2v) is 5.03. The van der Waals surface area contributed by atoms with Crippen molar-refractivity contribution in [2.24, 2.45) is 5.73 Å². The van der Waals surface area contributed by atoms with Crippen LogP contribution in [0, 0.1) is 0 Å². The van der Waals surface area contributed by atoms with Gasteiger partial charge in [0.25, 0.3) is 5.91 Å². The first-order valence-electron chi connectivity index (χ1n) is 6.34. The molecular formula is C12H12F3N5O. The maximum atomic E-state index is 13.0. The highest BCUT2D eigenvalue weighted by Crippen LogP contribution is 2.44. The first-order valence-corrected chi connectivity index (χ1v) is 6.34. The van der Waals surface area contributed by atoms with Crippen molar-refractivity contribution in [2.75, 3.05) is 0 Å². The van der Waals surface area contributed by atoms with Crippen molar-refractivity contribution in [1.82, 2.24) is 20.2 Å². The second kappa shape index (κ2) is 4.61. The quantitative estimate of drug-likeness (QED) is 0.801. The molecule has 1 aliphatic rings. The Balaban J connectivity index is 1.95. The molecule has 0 unspecified atom stereocenters. The lowest BCUT2D eigenvalue weighted by Gasteiger charge is -2.07. The van der Waals surface area contributed by atoms with Gasteiger partial charge in [0.1, 0.15) is 0 Å². The van der Waals surface area contributed by atoms with E-state index in [9.17, 15) is 18.0 Å². The maximum absolute atomic E-state index is 13.0. The Hall–Kier alpha value is -2.32. The molecule has 1 aliphatic carbocycles. The Morgan fingerprint density at radius 3 is 2.67 bits per heavy atom. The van der Waals surface area contributed by atoms with E-state index in [0.29, 0.717) is 11.4 Å². The number of imidazole rings is 1. The minimum atomic E-state index is -4.52. The van der Waals surface area contributed by atoms with Crippen LogP contribution in [0.15, 0.2) is 6.20 Å². The number of primary amides is 1. The summed E-state index contributed by atoms with van der Waals surface area (Å²) in [7, 11) is 0. The number of aromatic nitrogens is 4. The first-order chi connectivity index (χ1) is 9.86. The fraction of sp³-hybridized carbons (Fsp3) is 0.417. The third-order valence-corrected chi connectivity index (χ3v) is 3.38. The lowest BCUT2D eigenvalue weighted by atomic mass is 10.0. The van der Waals surface area contributed by atoms with Gasteiger partial charge in [-0.15, -0.1) is 0 Å². The van der Waals surface area contributed by atoms with E-state index in [4.69, 9.17) is 5.73 Å². The summed E-state index contributed by atoms with van der Waals surface area (Å²) in [6.45, 7) is 0. The van der Waals surface area contributed by atoms with E-state index in [-0.39, 0.29) is 23.7 Å². The van der Waals surface area contributed by atoms with E-state index < -0.39 is 17.8 Å². The number of carbonyl (C=O) groups is 1. The molecule has 9 heteroatoms. The summed E-state index contributed by atoms with van der Waals surface area (Å²) in [4.78, 5) is 17.3. The summed E-state index contributed by atoms with van der Waals surface area (Å²) in [6, 6.07) is 0. The van der Waals surface area contributed by atoms with Gasteiger partial charge in [0.2, 0.25) is 0 Å². The molecule has 0 aliphatic heterocycles. The van der Waals surface area contributed by atoms with E-state index in [2.05, 4.69) is 20.2 Å². The van der Waals surface area contributed by atoms with Gasteiger partial charge in [0, 0.05) is 35.5 Å². The van der Waals surface area contributed by atoms with Gasteiger partial charge in [-0.05, 0) is 12.8 Å². The van der Waals surface area contributed by atoms with Crippen molar-refractivity contribution in [3.63, 3.8) is 0 Å². The number of rotatable bonds is 4. The third-order valence-electron chi connectivity index (χ3n) is 3.38. The van der Waals surface area contributed by atoms with Crippen LogP contribution in [-0.2, 0) is 12.6 Å². The minimum Gasteiger partial charge on any atom is -0.363 e. The van der Waals surface area contributed by atoms with Crippen LogP contribution in [0.1, 0.15) is 52.0 Å². The molecule has 0 saturated heterocycles. The highest BCUT2D eigenvalue weighted by Gasteiger charge is 2.40. The fourth-order valence-electron chi connectivity index (χ4n) is 2.27. The van der Waals surface area contributed by atoms with Gasteiger partial charge in [0.15, 0.2) is 11.5 Å². The van der Waals surface area contributed by atoms with Crippen LogP contribution in [0.5, 0.6) is 0 Å². The van der Waals surface area contributed by atoms with Crippen LogP contribution in [0.4, 0.5) is 13.2 Å². The zero-order chi connectivity index (χ0) is 15.2. The molecule has 2 heterocycles. The third kappa shape index (κ3) is 2.63. The van der Waals surface area contributed by atoms with Crippen LogP contribution >= 0.6 is 0 Å². The van der Waals surface area contributed by atoms with E-state index in [0.717, 1.165) is 12.8 Å². The van der Waals surface area contributed by atoms with Crippen LogP contribution in [0.2, 0.25) is 0 Å². The Morgan fingerprint density at radius 2 is 2.14 bits per heavy atom. The lowest BCUT2D eigenvalue weighted by Crippen LogP contribution is -2.13. The lowest BCUT2D eigenvalue weighted by molar-refractivity contribution is -0.141. The predicted octanol–water partition coefficient (Wildman–Crippen LogP) is 1.72. The molecule has 3 rings (SSSR count). The summed E-state index contributed by atoms with van der Waals surface area (Å²) >= 11 is 0. The highest BCUT2D eigenvalue weighted by atomic mass is 19.4. The van der Waals surface area contributed by atoms with Crippen LogP contribution < -0.4 is 5.73 Å². The van der Waals surface area contributed by atoms with Crippen molar-refractivity contribution in [2.45, 2.75) is 31.4 Å². The van der Waals surface area contributed by atoms with E-state index in [1.54, 1.807) is 0 Å². The van der Waals surface area contributed by atoms with Gasteiger partial charge in [-0.1, -0.05) is 0 Å². The van der Waals surface area contributed by atoms with Crippen LogP contribution in [-0.4, -0.2) is 26.1 Å². The molecule has 0 aromatic carbocycles. The number of nitrogens with two attached hydrogens (primary N) is 1. The Labute approximate surface area is 116 Å². The molecule has 2 aromatic rings. The van der Waals surface area contributed by atoms with Crippen LogP contribution in [0.25, 0.3) is 0 Å². The topological polar surface area (TPSA) is 100 Å². The predicted molar refractivity (Wildman–Crippen MR) is 65.5 cm³/mol. The number of nitrogens with one attached hydrogen (secondary N) is 2. The van der Waals surface area contributed by atoms with Crippen molar-refractivity contribution < 1.29 is 18.0 Å². The molecule has 0 atom stereocenters. The SMILES string of the molecule is NC(=O)c1ncc(Cc2c(C(F)(F)F)n[nH]c2C2CC2)[nH]1. The fourth-order valence-corrected chi connectivity index (χ4v) is 2.27. The average Bonchev–Trinajstić information content (AvgIpc) is 2.96. The zero-order valence-electron chi connectivity index (χ0n) is 10.8. The van der Waals surface area contributed by atoms with Crippen molar-refractivity contribution in [1.29, 1.82) is 0 Å². The van der Waals surface area contributed by atoms with Gasteiger partial charge >= 0.3 is 6.18 Å².